The van der Waals surface area contributed by atoms with Gasteiger partial charge in [0.2, 0.25) is 5.91 Å². The normalized spacial score (nSPS) is 21.4. The van der Waals surface area contributed by atoms with Crippen LogP contribution in [0.5, 0.6) is 0 Å². The van der Waals surface area contributed by atoms with Gasteiger partial charge < -0.3 is 10.6 Å². The second kappa shape index (κ2) is 11.6. The summed E-state index contributed by atoms with van der Waals surface area (Å²) in [6.07, 6.45) is -7.40. The van der Waals surface area contributed by atoms with Crippen LogP contribution in [0.15, 0.2) is 78.9 Å². The van der Waals surface area contributed by atoms with Crippen LogP contribution in [-0.2, 0) is 22.7 Å². The van der Waals surface area contributed by atoms with Crippen molar-refractivity contribution in [3.63, 3.8) is 0 Å². The molecule has 0 heterocycles. The van der Waals surface area contributed by atoms with Crippen LogP contribution in [0.1, 0.15) is 79.3 Å². The Labute approximate surface area is 230 Å². The van der Waals surface area contributed by atoms with E-state index in [1.807, 2.05) is 60.7 Å². The highest BCUT2D eigenvalue weighted by atomic mass is 19.4. The summed E-state index contributed by atoms with van der Waals surface area (Å²) in [5.41, 5.74) is -2.00. The highest BCUT2D eigenvalue weighted by molar-refractivity contribution is 5.84. The van der Waals surface area contributed by atoms with E-state index in [2.05, 4.69) is 17.6 Å². The van der Waals surface area contributed by atoms with Gasteiger partial charge >= 0.3 is 12.4 Å². The van der Waals surface area contributed by atoms with Crippen LogP contribution in [0.3, 0.4) is 0 Å². The van der Waals surface area contributed by atoms with E-state index in [1.54, 1.807) is 0 Å². The van der Waals surface area contributed by atoms with Crippen molar-refractivity contribution in [3.05, 3.63) is 107 Å². The van der Waals surface area contributed by atoms with Crippen LogP contribution in [0.4, 0.5) is 26.3 Å². The summed E-state index contributed by atoms with van der Waals surface area (Å²) in [6, 6.07) is 20.9. The van der Waals surface area contributed by atoms with Crippen LogP contribution < -0.4 is 10.6 Å². The summed E-state index contributed by atoms with van der Waals surface area (Å²) in [7, 11) is 0. The van der Waals surface area contributed by atoms with E-state index in [0.29, 0.717) is 25.0 Å². The number of carbonyl (C=O) groups is 1. The molecule has 40 heavy (non-hydrogen) atoms. The number of rotatable bonds is 7. The molecule has 0 aliphatic heterocycles. The summed E-state index contributed by atoms with van der Waals surface area (Å²) in [5, 5.41) is 6.68. The molecule has 0 aromatic heterocycles. The Morgan fingerprint density at radius 3 is 1.77 bits per heavy atom. The van der Waals surface area contributed by atoms with Gasteiger partial charge in [-0.3, -0.25) is 4.79 Å². The predicted octanol–water partition coefficient (Wildman–Crippen LogP) is 8.13. The first-order valence-electron chi connectivity index (χ1n) is 13.3. The van der Waals surface area contributed by atoms with Gasteiger partial charge in [0.05, 0.1) is 22.6 Å². The van der Waals surface area contributed by atoms with Gasteiger partial charge in [-0.25, -0.2) is 0 Å². The van der Waals surface area contributed by atoms with Crippen molar-refractivity contribution in [3.8, 4) is 0 Å². The SMILES string of the molecule is CC(NC1CCC(NC(=O)C(C)c2cc(C(F)(F)F)cc(C(F)(F)F)c2)(c2ccccc2)CC1)c1ccccc1. The number of benzene rings is 3. The maximum Gasteiger partial charge on any atom is 0.416 e. The summed E-state index contributed by atoms with van der Waals surface area (Å²) in [4.78, 5) is 13.5. The highest BCUT2D eigenvalue weighted by Gasteiger charge is 2.41. The molecule has 2 atom stereocenters. The lowest BCUT2D eigenvalue weighted by molar-refractivity contribution is -0.143. The van der Waals surface area contributed by atoms with Gasteiger partial charge in [-0.2, -0.15) is 26.3 Å². The van der Waals surface area contributed by atoms with Gasteiger partial charge in [-0.15, -0.1) is 0 Å². The van der Waals surface area contributed by atoms with Gasteiger partial charge in [0.1, 0.15) is 0 Å². The molecule has 214 valence electrons. The van der Waals surface area contributed by atoms with Crippen LogP contribution in [0.25, 0.3) is 0 Å². The van der Waals surface area contributed by atoms with E-state index >= 15 is 0 Å². The summed E-state index contributed by atoms with van der Waals surface area (Å²) in [6.45, 7) is 3.42. The third-order valence-electron chi connectivity index (χ3n) is 7.82. The average molecular weight is 563 g/mol. The molecule has 4 rings (SSSR count). The molecule has 1 fully saturated rings. The summed E-state index contributed by atoms with van der Waals surface area (Å²) >= 11 is 0. The van der Waals surface area contributed by atoms with Crippen molar-refractivity contribution in [2.45, 2.75) is 75.4 Å². The highest BCUT2D eigenvalue weighted by Crippen LogP contribution is 2.40. The lowest BCUT2D eigenvalue weighted by atomic mass is 9.74. The first-order valence-corrected chi connectivity index (χ1v) is 13.3. The largest absolute Gasteiger partial charge is 0.416 e. The zero-order valence-electron chi connectivity index (χ0n) is 22.2. The minimum absolute atomic E-state index is 0.0737. The molecule has 3 aromatic rings. The van der Waals surface area contributed by atoms with Gasteiger partial charge in [0.25, 0.3) is 0 Å². The first kappa shape index (κ1) is 29.6. The van der Waals surface area contributed by atoms with Gasteiger partial charge in [-0.1, -0.05) is 60.7 Å². The monoisotopic (exact) mass is 562 g/mol. The lowest BCUT2D eigenvalue weighted by Gasteiger charge is -2.43. The Morgan fingerprint density at radius 2 is 1.27 bits per heavy atom. The number of hydrogen-bond donors (Lipinski definition) is 2. The fourth-order valence-electron chi connectivity index (χ4n) is 5.44. The van der Waals surface area contributed by atoms with E-state index in [9.17, 15) is 31.1 Å². The average Bonchev–Trinajstić information content (AvgIpc) is 2.93. The van der Waals surface area contributed by atoms with Crippen molar-refractivity contribution in [2.24, 2.45) is 0 Å². The topological polar surface area (TPSA) is 41.1 Å². The molecule has 0 spiro atoms. The van der Waals surface area contributed by atoms with E-state index in [-0.39, 0.29) is 23.7 Å². The fraction of sp³-hybridized carbons (Fsp3) is 0.387. The van der Waals surface area contributed by atoms with Crippen molar-refractivity contribution >= 4 is 5.91 Å². The molecule has 3 aromatic carbocycles. The molecule has 1 saturated carbocycles. The van der Waals surface area contributed by atoms with E-state index in [4.69, 9.17) is 0 Å². The van der Waals surface area contributed by atoms with Crippen LogP contribution in [0.2, 0.25) is 0 Å². The minimum Gasteiger partial charge on any atom is -0.346 e. The quantitative estimate of drug-likeness (QED) is 0.286. The maximum atomic E-state index is 13.5. The Kier molecular flexibility index (Phi) is 8.63. The number of halogens is 6. The van der Waals surface area contributed by atoms with Crippen LogP contribution >= 0.6 is 0 Å². The molecule has 3 nitrogen and oxygen atoms in total. The second-order valence-corrected chi connectivity index (χ2v) is 10.6. The molecule has 1 aliphatic rings. The van der Waals surface area contributed by atoms with Crippen molar-refractivity contribution < 1.29 is 31.1 Å². The molecule has 9 heteroatoms. The molecule has 2 N–H and O–H groups in total. The molecule has 0 saturated heterocycles. The molecule has 0 bridgehead atoms. The second-order valence-electron chi connectivity index (χ2n) is 10.6. The van der Waals surface area contributed by atoms with Gasteiger partial charge in [0, 0.05) is 12.1 Å². The zero-order valence-corrected chi connectivity index (χ0v) is 22.2. The summed E-state index contributed by atoms with van der Waals surface area (Å²) in [5.74, 6) is -1.86. The third kappa shape index (κ3) is 6.86. The Bertz CT molecular complexity index is 1250. The van der Waals surface area contributed by atoms with Crippen molar-refractivity contribution in [2.75, 3.05) is 0 Å². The molecular weight excluding hydrogens is 530 g/mol. The number of carbonyl (C=O) groups excluding carboxylic acids is 1. The predicted molar refractivity (Wildman–Crippen MR) is 141 cm³/mol. The number of nitrogens with one attached hydrogen (secondary N) is 2. The molecule has 2 unspecified atom stereocenters. The Morgan fingerprint density at radius 1 is 0.775 bits per heavy atom. The lowest BCUT2D eigenvalue weighted by Crippen LogP contribution is -2.51. The van der Waals surface area contributed by atoms with Crippen LogP contribution in [0, 0.1) is 0 Å². The smallest absolute Gasteiger partial charge is 0.346 e. The molecule has 1 amide bonds. The third-order valence-corrected chi connectivity index (χ3v) is 7.82. The van der Waals surface area contributed by atoms with Gasteiger partial charge in [-0.05, 0) is 74.4 Å². The first-order chi connectivity index (χ1) is 18.8. The fourth-order valence-corrected chi connectivity index (χ4v) is 5.44. The number of amides is 1. The minimum atomic E-state index is -4.99. The van der Waals surface area contributed by atoms with Crippen molar-refractivity contribution in [1.82, 2.24) is 10.6 Å². The molecular formula is C31H32F6N2O. The van der Waals surface area contributed by atoms with Crippen molar-refractivity contribution in [1.29, 1.82) is 0 Å². The zero-order chi connectivity index (χ0) is 29.1. The summed E-state index contributed by atoms with van der Waals surface area (Å²) < 4.78 is 80.5. The molecule has 0 radical (unpaired) electrons. The van der Waals surface area contributed by atoms with Gasteiger partial charge in [0.15, 0.2) is 0 Å². The maximum absolute atomic E-state index is 13.5. The van der Waals surface area contributed by atoms with E-state index < -0.39 is 40.8 Å². The standard InChI is InChI=1S/C31H32F6N2O/c1-20(23-17-25(30(32,33)34)19-26(18-23)31(35,36)37)28(40)39-29(24-11-7-4-8-12-24)15-13-27(14-16-29)38-21(2)22-9-5-3-6-10-22/h3-12,17-21,27,38H,13-16H2,1-2H3,(H,39,40). The Hall–Kier alpha value is -3.33. The molecule has 1 aliphatic carbocycles. The van der Waals surface area contributed by atoms with E-state index in [1.165, 1.54) is 6.92 Å². The van der Waals surface area contributed by atoms with Crippen LogP contribution in [-0.4, -0.2) is 11.9 Å². The number of alkyl halides is 6. The van der Waals surface area contributed by atoms with E-state index in [0.717, 1.165) is 24.0 Å². The Balaban J connectivity index is 1.56. The number of hydrogen-bond acceptors (Lipinski definition) is 2.